The van der Waals surface area contributed by atoms with Crippen molar-refractivity contribution in [3.8, 4) is 17.1 Å². The maximum atomic E-state index is 12.7. The first-order valence-corrected chi connectivity index (χ1v) is 9.32. The Hall–Kier alpha value is -3.15. The molecule has 1 saturated heterocycles. The van der Waals surface area contributed by atoms with E-state index in [1.807, 2.05) is 45.0 Å². The largest absolute Gasteiger partial charge is 0.497 e. The smallest absolute Gasteiger partial charge is 0.232 e. The van der Waals surface area contributed by atoms with Gasteiger partial charge in [0.1, 0.15) is 5.75 Å². The van der Waals surface area contributed by atoms with Crippen molar-refractivity contribution in [2.75, 3.05) is 18.6 Å². The molecule has 0 saturated carbocycles. The van der Waals surface area contributed by atoms with Crippen LogP contribution in [0.15, 0.2) is 40.9 Å². The van der Waals surface area contributed by atoms with Crippen molar-refractivity contribution in [1.82, 2.24) is 10.1 Å². The lowest BCUT2D eigenvalue weighted by Gasteiger charge is -2.19. The minimum absolute atomic E-state index is 0.0489. The minimum atomic E-state index is -0.121. The highest BCUT2D eigenvalue weighted by Gasteiger charge is 2.36. The predicted molar refractivity (Wildman–Crippen MR) is 107 cm³/mol. The van der Waals surface area contributed by atoms with Crippen molar-refractivity contribution >= 4 is 11.6 Å². The van der Waals surface area contributed by atoms with Crippen LogP contribution in [0.1, 0.15) is 34.9 Å². The zero-order chi connectivity index (χ0) is 19.8. The lowest BCUT2D eigenvalue weighted by atomic mass is 10.1. The highest BCUT2D eigenvalue weighted by Crippen LogP contribution is 2.35. The number of aryl methyl sites for hydroxylation is 3. The molecule has 2 aromatic carbocycles. The lowest BCUT2D eigenvalue weighted by Crippen LogP contribution is -2.25. The molecular weight excluding hydrogens is 354 g/mol. The first-order chi connectivity index (χ1) is 13.5. The maximum Gasteiger partial charge on any atom is 0.232 e. The van der Waals surface area contributed by atoms with Gasteiger partial charge in [-0.3, -0.25) is 4.79 Å². The number of methoxy groups -OCH3 is 1. The van der Waals surface area contributed by atoms with E-state index in [-0.39, 0.29) is 11.8 Å². The second-order valence-electron chi connectivity index (χ2n) is 7.33. The number of carbonyl (C=O) groups excluding carboxylic acids is 1. The van der Waals surface area contributed by atoms with E-state index in [9.17, 15) is 4.79 Å². The van der Waals surface area contributed by atoms with Gasteiger partial charge in [0, 0.05) is 24.6 Å². The Balaban J connectivity index is 1.60. The van der Waals surface area contributed by atoms with Crippen molar-refractivity contribution in [3.63, 3.8) is 0 Å². The highest BCUT2D eigenvalue weighted by molar-refractivity contribution is 5.97. The van der Waals surface area contributed by atoms with Gasteiger partial charge in [0.2, 0.25) is 17.6 Å². The molecule has 144 valence electrons. The summed E-state index contributed by atoms with van der Waals surface area (Å²) in [7, 11) is 1.62. The van der Waals surface area contributed by atoms with Crippen LogP contribution in [0, 0.1) is 20.8 Å². The molecule has 1 atom stereocenters. The van der Waals surface area contributed by atoms with Crippen molar-refractivity contribution in [2.24, 2.45) is 0 Å². The van der Waals surface area contributed by atoms with E-state index < -0.39 is 0 Å². The fraction of sp³-hybridized carbons (Fsp3) is 0.318. The highest BCUT2D eigenvalue weighted by atomic mass is 16.5. The number of benzene rings is 2. The molecule has 4 rings (SSSR count). The molecule has 1 amide bonds. The lowest BCUT2D eigenvalue weighted by molar-refractivity contribution is -0.117. The number of carbonyl (C=O) groups is 1. The third kappa shape index (κ3) is 3.26. The van der Waals surface area contributed by atoms with Crippen LogP contribution < -0.4 is 9.64 Å². The number of hydrogen-bond donors (Lipinski definition) is 0. The van der Waals surface area contributed by atoms with Gasteiger partial charge in [0.25, 0.3) is 0 Å². The Bertz CT molecular complexity index is 1040. The number of aromatic nitrogens is 2. The quantitative estimate of drug-likeness (QED) is 0.682. The second kappa shape index (κ2) is 7.11. The fourth-order valence-electron chi connectivity index (χ4n) is 3.60. The summed E-state index contributed by atoms with van der Waals surface area (Å²) in [5.74, 6) is 1.73. The SMILES string of the molecule is COc1ccc(C)c(N2CC(c3nc(-c4cc(C)ccc4C)no3)CC2=O)c1. The molecular formula is C22H23N3O3. The van der Waals surface area contributed by atoms with Crippen LogP contribution in [0.25, 0.3) is 11.4 Å². The summed E-state index contributed by atoms with van der Waals surface area (Å²) in [6.45, 7) is 6.56. The fourth-order valence-corrected chi connectivity index (χ4v) is 3.60. The molecule has 1 aliphatic rings. The minimum Gasteiger partial charge on any atom is -0.497 e. The number of hydrogen-bond acceptors (Lipinski definition) is 5. The molecule has 1 fully saturated rings. The van der Waals surface area contributed by atoms with Crippen molar-refractivity contribution < 1.29 is 14.1 Å². The monoisotopic (exact) mass is 377 g/mol. The third-order valence-corrected chi connectivity index (χ3v) is 5.26. The van der Waals surface area contributed by atoms with Crippen LogP contribution in [0.3, 0.4) is 0 Å². The predicted octanol–water partition coefficient (Wildman–Crippen LogP) is 4.19. The van der Waals surface area contributed by atoms with Crippen molar-refractivity contribution in [1.29, 1.82) is 0 Å². The molecule has 0 N–H and O–H groups in total. The van der Waals surface area contributed by atoms with E-state index in [1.54, 1.807) is 12.0 Å². The van der Waals surface area contributed by atoms with E-state index in [1.165, 1.54) is 0 Å². The molecule has 6 heteroatoms. The summed E-state index contributed by atoms with van der Waals surface area (Å²) in [4.78, 5) is 19.1. The molecule has 0 bridgehead atoms. The van der Waals surface area contributed by atoms with Gasteiger partial charge in [0.15, 0.2) is 0 Å². The van der Waals surface area contributed by atoms with E-state index >= 15 is 0 Å². The van der Waals surface area contributed by atoms with Gasteiger partial charge in [-0.1, -0.05) is 28.9 Å². The normalized spacial score (nSPS) is 16.6. The zero-order valence-electron chi connectivity index (χ0n) is 16.5. The second-order valence-corrected chi connectivity index (χ2v) is 7.33. The Morgan fingerprint density at radius 3 is 2.68 bits per heavy atom. The number of anilines is 1. The van der Waals surface area contributed by atoms with Gasteiger partial charge in [-0.05, 0) is 44.0 Å². The molecule has 28 heavy (non-hydrogen) atoms. The van der Waals surface area contributed by atoms with Gasteiger partial charge in [-0.15, -0.1) is 0 Å². The summed E-state index contributed by atoms with van der Waals surface area (Å²) in [5.41, 5.74) is 5.08. The van der Waals surface area contributed by atoms with Gasteiger partial charge in [-0.25, -0.2) is 0 Å². The Kier molecular flexibility index (Phi) is 4.63. The molecule has 0 spiro atoms. The number of rotatable bonds is 4. The van der Waals surface area contributed by atoms with Crippen molar-refractivity contribution in [3.05, 3.63) is 59.0 Å². The van der Waals surface area contributed by atoms with E-state index in [0.717, 1.165) is 33.7 Å². The zero-order valence-corrected chi connectivity index (χ0v) is 16.5. The van der Waals surface area contributed by atoms with E-state index in [4.69, 9.17) is 9.26 Å². The van der Waals surface area contributed by atoms with Gasteiger partial charge < -0.3 is 14.2 Å². The average molecular weight is 377 g/mol. The summed E-state index contributed by atoms with van der Waals surface area (Å²) in [6, 6.07) is 11.9. The molecule has 6 nitrogen and oxygen atoms in total. The van der Waals surface area contributed by atoms with Gasteiger partial charge in [-0.2, -0.15) is 4.98 Å². The van der Waals surface area contributed by atoms with Crippen LogP contribution in [0.4, 0.5) is 5.69 Å². The number of amides is 1. The van der Waals surface area contributed by atoms with Crippen LogP contribution in [0.2, 0.25) is 0 Å². The summed E-state index contributed by atoms with van der Waals surface area (Å²) in [5, 5.41) is 4.16. The summed E-state index contributed by atoms with van der Waals surface area (Å²) < 4.78 is 10.9. The van der Waals surface area contributed by atoms with Gasteiger partial charge in [0.05, 0.1) is 18.7 Å². The maximum absolute atomic E-state index is 12.7. The van der Waals surface area contributed by atoms with Crippen LogP contribution >= 0.6 is 0 Å². The molecule has 0 radical (unpaired) electrons. The van der Waals surface area contributed by atoms with Gasteiger partial charge >= 0.3 is 0 Å². The Morgan fingerprint density at radius 1 is 1.11 bits per heavy atom. The Morgan fingerprint density at radius 2 is 1.89 bits per heavy atom. The summed E-state index contributed by atoms with van der Waals surface area (Å²) >= 11 is 0. The number of ether oxygens (including phenoxy) is 1. The molecule has 0 aliphatic carbocycles. The summed E-state index contributed by atoms with van der Waals surface area (Å²) in [6.07, 6.45) is 0.352. The number of nitrogens with zero attached hydrogens (tertiary/aromatic N) is 3. The van der Waals surface area contributed by atoms with Crippen molar-refractivity contribution in [2.45, 2.75) is 33.1 Å². The average Bonchev–Trinajstić information content (AvgIpc) is 3.31. The topological polar surface area (TPSA) is 68.5 Å². The molecule has 1 aliphatic heterocycles. The molecule has 1 aromatic heterocycles. The first-order valence-electron chi connectivity index (χ1n) is 9.32. The Labute approximate surface area is 164 Å². The third-order valence-electron chi connectivity index (χ3n) is 5.26. The molecule has 3 aromatic rings. The molecule has 1 unspecified atom stereocenters. The first kappa shape index (κ1) is 18.2. The molecule has 2 heterocycles. The van der Waals surface area contributed by atoms with E-state index in [2.05, 4.69) is 22.3 Å². The van der Waals surface area contributed by atoms with Crippen LogP contribution in [0.5, 0.6) is 5.75 Å². The van der Waals surface area contributed by atoms with Crippen LogP contribution in [-0.4, -0.2) is 29.7 Å². The standard InChI is InChI=1S/C22H23N3O3/c1-13-5-6-14(2)18(9-13)21-23-22(28-24-21)16-10-20(26)25(12-16)19-11-17(27-4)8-7-15(19)3/h5-9,11,16H,10,12H2,1-4H3. The van der Waals surface area contributed by atoms with Crippen LogP contribution in [-0.2, 0) is 4.79 Å². The van der Waals surface area contributed by atoms with E-state index in [0.29, 0.717) is 24.7 Å².